The first kappa shape index (κ1) is 20.8. The molecule has 0 amide bonds. The van der Waals surface area contributed by atoms with Crippen molar-refractivity contribution in [3.63, 3.8) is 0 Å². The first-order valence-electron chi connectivity index (χ1n) is 9.89. The average Bonchev–Trinajstić information content (AvgIpc) is 2.84. The minimum absolute atomic E-state index is 0.0575. The van der Waals surface area contributed by atoms with Gasteiger partial charge in [0.25, 0.3) is 0 Å². The molecule has 0 aromatic heterocycles. The normalized spacial score (nSPS) is 10.4. The molecule has 0 bridgehead atoms. The van der Waals surface area contributed by atoms with E-state index in [9.17, 15) is 14.4 Å². The van der Waals surface area contributed by atoms with Gasteiger partial charge in [0.1, 0.15) is 0 Å². The molecule has 0 aliphatic heterocycles. The van der Waals surface area contributed by atoms with Crippen molar-refractivity contribution in [2.45, 2.75) is 0 Å². The summed E-state index contributed by atoms with van der Waals surface area (Å²) in [6.45, 7) is 0. The fourth-order valence-electron chi connectivity index (χ4n) is 3.65. The Morgan fingerprint density at radius 3 is 1.50 bits per heavy atom. The van der Waals surface area contributed by atoms with E-state index in [0.717, 1.165) is 5.56 Å². The van der Waals surface area contributed by atoms with Crippen molar-refractivity contribution in [3.8, 4) is 22.3 Å². The third kappa shape index (κ3) is 4.18. The van der Waals surface area contributed by atoms with Gasteiger partial charge < -0.3 is 9.84 Å². The highest BCUT2D eigenvalue weighted by Crippen LogP contribution is 2.39. The number of rotatable bonds is 5. The van der Waals surface area contributed by atoms with Gasteiger partial charge in [0.2, 0.25) is 0 Å². The smallest absolute Gasteiger partial charge is 0.449 e. The summed E-state index contributed by atoms with van der Waals surface area (Å²) in [6, 6.07) is 30.1. The summed E-state index contributed by atoms with van der Waals surface area (Å²) >= 11 is 0. The molecule has 0 aliphatic carbocycles. The number of benzene rings is 4. The van der Waals surface area contributed by atoms with Crippen molar-refractivity contribution in [3.05, 3.63) is 120 Å². The van der Waals surface area contributed by atoms with E-state index in [4.69, 9.17) is 5.11 Å². The molecule has 156 valence electrons. The Hall–Kier alpha value is -4.51. The fourth-order valence-corrected chi connectivity index (χ4v) is 3.65. The summed E-state index contributed by atoms with van der Waals surface area (Å²) in [5.74, 6) is -1.22. The zero-order chi connectivity index (χ0) is 22.5. The molecule has 4 rings (SSSR count). The lowest BCUT2D eigenvalue weighted by Gasteiger charge is -2.18. The Kier molecular flexibility index (Phi) is 5.90. The van der Waals surface area contributed by atoms with Crippen molar-refractivity contribution < 1.29 is 24.2 Å². The molecule has 0 unspecified atom stereocenters. The van der Waals surface area contributed by atoms with E-state index in [1.165, 1.54) is 6.07 Å². The molecule has 0 saturated carbocycles. The van der Waals surface area contributed by atoms with Crippen LogP contribution in [0, 0.1) is 0 Å². The molecule has 0 heterocycles. The molecule has 4 aromatic rings. The number of ketones is 1. The minimum Gasteiger partial charge on any atom is -0.449 e. The minimum atomic E-state index is -1.69. The molecule has 0 fully saturated rings. The first-order chi connectivity index (χ1) is 15.6. The second-order valence-corrected chi connectivity index (χ2v) is 6.99. The highest BCUT2D eigenvalue weighted by Gasteiger charge is 2.26. The topological polar surface area (TPSA) is 80.7 Å². The standard InChI is InChI=1S/C27H18O5/c28-25(20-14-8-3-9-15-20)21-16-17-22(26(29)32-27(30)31)24(19-12-6-2-7-13-19)23(21)18-10-4-1-5-11-18/h1-17H,(H,30,31). The number of hydrogen-bond acceptors (Lipinski definition) is 4. The van der Waals surface area contributed by atoms with Gasteiger partial charge in [0.05, 0.1) is 5.56 Å². The predicted octanol–water partition coefficient (Wildman–Crippen LogP) is 6.09. The van der Waals surface area contributed by atoms with Crippen LogP contribution in [0.3, 0.4) is 0 Å². The molecule has 0 atom stereocenters. The lowest BCUT2D eigenvalue weighted by molar-refractivity contribution is 0.0509. The molecule has 0 radical (unpaired) electrons. The molecular formula is C27H18O5. The van der Waals surface area contributed by atoms with Gasteiger partial charge in [-0.15, -0.1) is 0 Å². The van der Waals surface area contributed by atoms with Gasteiger partial charge in [-0.1, -0.05) is 91.0 Å². The van der Waals surface area contributed by atoms with E-state index in [1.807, 2.05) is 54.6 Å². The Morgan fingerprint density at radius 1 is 0.562 bits per heavy atom. The maximum Gasteiger partial charge on any atom is 0.513 e. The lowest BCUT2D eigenvalue weighted by atomic mass is 9.84. The van der Waals surface area contributed by atoms with Crippen molar-refractivity contribution in [2.75, 3.05) is 0 Å². The summed E-state index contributed by atoms with van der Waals surface area (Å²) in [5, 5.41) is 8.99. The van der Waals surface area contributed by atoms with Crippen molar-refractivity contribution >= 4 is 17.9 Å². The van der Waals surface area contributed by atoms with Crippen LogP contribution in [0.2, 0.25) is 0 Å². The largest absolute Gasteiger partial charge is 0.513 e. The van der Waals surface area contributed by atoms with Crippen molar-refractivity contribution in [2.24, 2.45) is 0 Å². The van der Waals surface area contributed by atoms with Gasteiger partial charge in [-0.2, -0.15) is 0 Å². The molecular weight excluding hydrogens is 404 g/mol. The van der Waals surface area contributed by atoms with Crippen LogP contribution >= 0.6 is 0 Å². The molecule has 5 heteroatoms. The Balaban J connectivity index is 2.05. The van der Waals surface area contributed by atoms with Crippen LogP contribution in [0.4, 0.5) is 4.79 Å². The van der Waals surface area contributed by atoms with E-state index in [0.29, 0.717) is 27.8 Å². The summed E-state index contributed by atoms with van der Waals surface area (Å²) in [7, 11) is 0. The second kappa shape index (κ2) is 9.10. The summed E-state index contributed by atoms with van der Waals surface area (Å²) in [4.78, 5) is 37.2. The summed E-state index contributed by atoms with van der Waals surface area (Å²) in [6.07, 6.45) is -1.69. The van der Waals surface area contributed by atoms with E-state index in [-0.39, 0.29) is 11.3 Å². The Morgan fingerprint density at radius 2 is 1.00 bits per heavy atom. The Labute approximate surface area is 184 Å². The molecule has 5 nitrogen and oxygen atoms in total. The highest BCUT2D eigenvalue weighted by molar-refractivity contribution is 6.17. The zero-order valence-corrected chi connectivity index (χ0v) is 16.9. The highest BCUT2D eigenvalue weighted by atomic mass is 16.7. The average molecular weight is 422 g/mol. The number of ether oxygens (including phenoxy) is 1. The van der Waals surface area contributed by atoms with Gasteiger partial charge in [-0.05, 0) is 23.3 Å². The van der Waals surface area contributed by atoms with Gasteiger partial charge in [0, 0.05) is 22.3 Å². The first-order valence-corrected chi connectivity index (χ1v) is 9.89. The maximum absolute atomic E-state index is 13.5. The molecule has 32 heavy (non-hydrogen) atoms. The second-order valence-electron chi connectivity index (χ2n) is 6.99. The van der Waals surface area contributed by atoms with Crippen LogP contribution in [0.1, 0.15) is 26.3 Å². The van der Waals surface area contributed by atoms with E-state index in [2.05, 4.69) is 4.74 Å². The zero-order valence-electron chi connectivity index (χ0n) is 16.9. The molecule has 1 N–H and O–H groups in total. The Bertz CT molecular complexity index is 1280. The van der Waals surface area contributed by atoms with Gasteiger partial charge >= 0.3 is 12.1 Å². The molecule has 0 saturated heterocycles. The number of carbonyl (C=O) groups is 3. The molecule has 0 aliphatic rings. The fraction of sp³-hybridized carbons (Fsp3) is 0. The number of esters is 1. The van der Waals surface area contributed by atoms with Crippen LogP contribution in [-0.2, 0) is 4.74 Å². The third-order valence-corrected chi connectivity index (χ3v) is 5.01. The maximum atomic E-state index is 13.5. The van der Waals surface area contributed by atoms with Gasteiger partial charge in [-0.25, -0.2) is 9.59 Å². The van der Waals surface area contributed by atoms with Crippen LogP contribution in [0.25, 0.3) is 22.3 Å². The van der Waals surface area contributed by atoms with E-state index in [1.54, 1.807) is 42.5 Å². The molecule has 0 spiro atoms. The molecule has 4 aromatic carbocycles. The summed E-state index contributed by atoms with van der Waals surface area (Å²) < 4.78 is 4.47. The van der Waals surface area contributed by atoms with Crippen LogP contribution in [0.15, 0.2) is 103 Å². The monoisotopic (exact) mass is 422 g/mol. The van der Waals surface area contributed by atoms with Gasteiger partial charge in [0.15, 0.2) is 5.78 Å². The number of carboxylic acid groups (broad SMARTS) is 1. The SMILES string of the molecule is O=C(O)OC(=O)c1ccc(C(=O)c2ccccc2)c(-c2ccccc2)c1-c1ccccc1. The predicted molar refractivity (Wildman–Crippen MR) is 121 cm³/mol. The van der Waals surface area contributed by atoms with Gasteiger partial charge in [-0.3, -0.25) is 4.79 Å². The van der Waals surface area contributed by atoms with Crippen molar-refractivity contribution in [1.82, 2.24) is 0 Å². The summed E-state index contributed by atoms with van der Waals surface area (Å²) in [5.41, 5.74) is 3.30. The number of carbonyl (C=O) groups excluding carboxylic acids is 2. The lowest BCUT2D eigenvalue weighted by Crippen LogP contribution is -2.14. The van der Waals surface area contributed by atoms with Crippen LogP contribution < -0.4 is 0 Å². The quantitative estimate of drug-likeness (QED) is 0.239. The van der Waals surface area contributed by atoms with E-state index >= 15 is 0 Å². The third-order valence-electron chi connectivity index (χ3n) is 5.01. The van der Waals surface area contributed by atoms with E-state index < -0.39 is 12.1 Å². The van der Waals surface area contributed by atoms with Crippen LogP contribution in [-0.4, -0.2) is 23.0 Å². The van der Waals surface area contributed by atoms with Crippen molar-refractivity contribution in [1.29, 1.82) is 0 Å². The number of hydrogen-bond donors (Lipinski definition) is 1. The van der Waals surface area contributed by atoms with Crippen LogP contribution in [0.5, 0.6) is 0 Å².